The molecule has 0 bridgehead atoms. The molecule has 0 saturated heterocycles. The topological polar surface area (TPSA) is 85.4 Å². The van der Waals surface area contributed by atoms with Crippen LogP contribution in [0.25, 0.3) is 0 Å². The lowest BCUT2D eigenvalue weighted by Gasteiger charge is -2.27. The van der Waals surface area contributed by atoms with Gasteiger partial charge in [-0.25, -0.2) is 8.42 Å². The number of ether oxygens (including phenoxy) is 3. The fraction of sp³-hybridized carbons (Fsp3) is 0.370. The minimum atomic E-state index is -3.95. The van der Waals surface area contributed by atoms with Crippen molar-refractivity contribution in [1.82, 2.24) is 9.21 Å². The second-order valence-electron chi connectivity index (χ2n) is 8.81. The van der Waals surface area contributed by atoms with Crippen LogP contribution in [0.15, 0.2) is 58.8 Å². The van der Waals surface area contributed by atoms with Crippen LogP contribution in [0.1, 0.15) is 29.3 Å². The van der Waals surface area contributed by atoms with E-state index in [0.717, 1.165) is 16.0 Å². The molecule has 204 valence electrons. The first-order valence-electron chi connectivity index (χ1n) is 12.3. The first-order chi connectivity index (χ1) is 18.3. The molecular formula is C27H31ClN2O6S2. The molecule has 11 heteroatoms. The second kappa shape index (κ2) is 12.9. The predicted octanol–water partition coefficient (Wildman–Crippen LogP) is 5.08. The molecule has 0 unspecified atom stereocenters. The SMILES string of the molecule is CCOCCCN(CC(=O)N(Cc1ccc2c(c1)OCO2)Cc1sccc1C)S(=O)(=O)c1ccc(Cl)cc1. The van der Waals surface area contributed by atoms with E-state index < -0.39 is 10.0 Å². The maximum Gasteiger partial charge on any atom is 0.243 e. The minimum absolute atomic E-state index is 0.0857. The largest absolute Gasteiger partial charge is 0.454 e. The number of sulfonamides is 1. The summed E-state index contributed by atoms with van der Waals surface area (Å²) < 4.78 is 44.7. The second-order valence-corrected chi connectivity index (χ2v) is 12.2. The molecule has 0 saturated carbocycles. The standard InChI is InChI=1S/C27H31ClN2O6S2/c1-3-34-13-4-12-30(38(32,33)23-8-6-22(28)7-9-23)18-27(31)29(17-26-20(2)11-14-37-26)16-21-5-10-24-25(15-21)36-19-35-24/h5-11,14-15H,3-4,12-13,16-19H2,1-2H3. The minimum Gasteiger partial charge on any atom is -0.454 e. The van der Waals surface area contributed by atoms with Gasteiger partial charge in [0.25, 0.3) is 0 Å². The van der Waals surface area contributed by atoms with Crippen LogP contribution in [0.4, 0.5) is 0 Å². The van der Waals surface area contributed by atoms with Crippen molar-refractivity contribution in [3.05, 3.63) is 74.9 Å². The summed E-state index contributed by atoms with van der Waals surface area (Å²) in [6.07, 6.45) is 0.458. The number of nitrogens with zero attached hydrogens (tertiary/aromatic N) is 2. The van der Waals surface area contributed by atoms with Crippen molar-refractivity contribution in [2.24, 2.45) is 0 Å². The average Bonchev–Trinajstić information content (AvgIpc) is 3.53. The summed E-state index contributed by atoms with van der Waals surface area (Å²) in [6.45, 7) is 5.48. The van der Waals surface area contributed by atoms with Gasteiger partial charge in [0.1, 0.15) is 0 Å². The summed E-state index contributed by atoms with van der Waals surface area (Å²) in [5.74, 6) is 0.991. The van der Waals surface area contributed by atoms with E-state index in [1.165, 1.54) is 28.6 Å². The lowest BCUT2D eigenvalue weighted by Crippen LogP contribution is -2.43. The molecule has 1 amide bonds. The number of halogens is 1. The number of thiophene rings is 1. The fourth-order valence-electron chi connectivity index (χ4n) is 4.01. The van der Waals surface area contributed by atoms with E-state index in [-0.39, 0.29) is 30.7 Å². The molecule has 4 rings (SSSR count). The number of fused-ring (bicyclic) bond motifs is 1. The Labute approximate surface area is 232 Å². The van der Waals surface area contributed by atoms with E-state index in [4.69, 9.17) is 25.8 Å². The Balaban J connectivity index is 1.58. The van der Waals surface area contributed by atoms with Gasteiger partial charge in [0.15, 0.2) is 11.5 Å². The van der Waals surface area contributed by atoms with Crippen LogP contribution in [0.2, 0.25) is 5.02 Å². The highest BCUT2D eigenvalue weighted by Crippen LogP contribution is 2.33. The van der Waals surface area contributed by atoms with Gasteiger partial charge in [0.05, 0.1) is 18.0 Å². The Bertz CT molecular complexity index is 1340. The Kier molecular flexibility index (Phi) is 9.67. The molecule has 1 aliphatic heterocycles. The van der Waals surface area contributed by atoms with Gasteiger partial charge >= 0.3 is 0 Å². The number of carbonyl (C=O) groups is 1. The van der Waals surface area contributed by atoms with Crippen molar-refractivity contribution in [2.75, 3.05) is 33.1 Å². The summed E-state index contributed by atoms with van der Waals surface area (Å²) in [5.41, 5.74) is 1.95. The molecule has 0 N–H and O–H groups in total. The van der Waals surface area contributed by atoms with E-state index in [0.29, 0.717) is 49.2 Å². The van der Waals surface area contributed by atoms with Gasteiger partial charge in [-0.3, -0.25) is 4.79 Å². The lowest BCUT2D eigenvalue weighted by atomic mass is 10.1. The summed E-state index contributed by atoms with van der Waals surface area (Å²) in [5, 5.41) is 2.42. The van der Waals surface area contributed by atoms with Crippen LogP contribution in [0, 0.1) is 6.92 Å². The highest BCUT2D eigenvalue weighted by atomic mass is 35.5. The Morgan fingerprint density at radius 2 is 1.84 bits per heavy atom. The number of benzene rings is 2. The van der Waals surface area contributed by atoms with E-state index in [1.807, 2.05) is 43.5 Å². The van der Waals surface area contributed by atoms with Gasteiger partial charge < -0.3 is 19.1 Å². The van der Waals surface area contributed by atoms with Gasteiger partial charge in [-0.1, -0.05) is 17.7 Å². The molecule has 0 atom stereocenters. The van der Waals surface area contributed by atoms with Gasteiger partial charge in [0.2, 0.25) is 22.7 Å². The van der Waals surface area contributed by atoms with Crippen molar-refractivity contribution in [2.45, 2.75) is 38.3 Å². The molecule has 2 heterocycles. The quantitative estimate of drug-likeness (QED) is 0.263. The lowest BCUT2D eigenvalue weighted by molar-refractivity contribution is -0.132. The van der Waals surface area contributed by atoms with E-state index >= 15 is 0 Å². The monoisotopic (exact) mass is 578 g/mol. The van der Waals surface area contributed by atoms with Crippen LogP contribution < -0.4 is 9.47 Å². The molecule has 1 aliphatic rings. The Hall–Kier alpha value is -2.63. The predicted molar refractivity (Wildman–Crippen MR) is 147 cm³/mol. The van der Waals surface area contributed by atoms with Crippen molar-refractivity contribution in [3.63, 3.8) is 0 Å². The molecule has 0 spiro atoms. The number of aryl methyl sites for hydroxylation is 1. The number of amides is 1. The van der Waals surface area contributed by atoms with Gasteiger partial charge in [-0.05, 0) is 79.2 Å². The van der Waals surface area contributed by atoms with Crippen LogP contribution in [0.5, 0.6) is 11.5 Å². The molecule has 0 aliphatic carbocycles. The molecule has 3 aromatic rings. The zero-order valence-corrected chi connectivity index (χ0v) is 23.8. The molecule has 2 aromatic carbocycles. The first kappa shape index (κ1) is 28.4. The highest BCUT2D eigenvalue weighted by molar-refractivity contribution is 7.89. The number of carbonyl (C=O) groups excluding carboxylic acids is 1. The van der Waals surface area contributed by atoms with Crippen molar-refractivity contribution in [1.29, 1.82) is 0 Å². The van der Waals surface area contributed by atoms with E-state index in [1.54, 1.807) is 16.2 Å². The summed E-state index contributed by atoms with van der Waals surface area (Å²) in [4.78, 5) is 16.6. The number of hydrogen-bond donors (Lipinski definition) is 0. The van der Waals surface area contributed by atoms with Gasteiger partial charge in [0, 0.05) is 36.2 Å². The maximum atomic E-state index is 13.8. The summed E-state index contributed by atoms with van der Waals surface area (Å²) >= 11 is 7.55. The molecule has 1 aromatic heterocycles. The van der Waals surface area contributed by atoms with Crippen LogP contribution in [0.3, 0.4) is 0 Å². The summed E-state index contributed by atoms with van der Waals surface area (Å²) in [7, 11) is -3.95. The molecular weight excluding hydrogens is 548 g/mol. The van der Waals surface area contributed by atoms with Crippen LogP contribution >= 0.6 is 22.9 Å². The van der Waals surface area contributed by atoms with Crippen molar-refractivity contribution in [3.8, 4) is 11.5 Å². The number of hydrogen-bond acceptors (Lipinski definition) is 7. The first-order valence-corrected chi connectivity index (χ1v) is 15.0. The smallest absolute Gasteiger partial charge is 0.243 e. The normalized spacial score (nSPS) is 12.7. The van der Waals surface area contributed by atoms with E-state index in [2.05, 4.69) is 0 Å². The Morgan fingerprint density at radius 3 is 2.55 bits per heavy atom. The summed E-state index contributed by atoms with van der Waals surface area (Å²) in [6, 6.07) is 13.5. The van der Waals surface area contributed by atoms with Gasteiger partial charge in [-0.2, -0.15) is 4.31 Å². The van der Waals surface area contributed by atoms with E-state index in [9.17, 15) is 13.2 Å². The third-order valence-corrected chi connectivity index (χ3v) is 9.25. The average molecular weight is 579 g/mol. The molecule has 0 fully saturated rings. The molecule has 0 radical (unpaired) electrons. The zero-order valence-electron chi connectivity index (χ0n) is 21.4. The third-order valence-electron chi connectivity index (χ3n) is 6.13. The van der Waals surface area contributed by atoms with Crippen LogP contribution in [-0.4, -0.2) is 56.6 Å². The molecule has 8 nitrogen and oxygen atoms in total. The molecule has 38 heavy (non-hydrogen) atoms. The Morgan fingerprint density at radius 1 is 1.08 bits per heavy atom. The van der Waals surface area contributed by atoms with Crippen molar-refractivity contribution >= 4 is 38.9 Å². The zero-order chi connectivity index (χ0) is 27.1. The maximum absolute atomic E-state index is 13.8. The van der Waals surface area contributed by atoms with Crippen LogP contribution in [-0.2, 0) is 32.6 Å². The van der Waals surface area contributed by atoms with Crippen molar-refractivity contribution < 1.29 is 27.4 Å². The number of rotatable bonds is 13. The van der Waals surface area contributed by atoms with Gasteiger partial charge in [-0.15, -0.1) is 11.3 Å². The fourth-order valence-corrected chi connectivity index (χ4v) is 6.48. The highest BCUT2D eigenvalue weighted by Gasteiger charge is 2.29. The third kappa shape index (κ3) is 7.06.